The van der Waals surface area contributed by atoms with Gasteiger partial charge in [-0.2, -0.15) is 4.99 Å². The summed E-state index contributed by atoms with van der Waals surface area (Å²) in [5.41, 5.74) is 2.90. The molecule has 0 saturated carbocycles. The monoisotopic (exact) mass is 402 g/mol. The Labute approximate surface area is 164 Å². The highest BCUT2D eigenvalue weighted by molar-refractivity contribution is 7.16. The van der Waals surface area contributed by atoms with Crippen molar-refractivity contribution >= 4 is 33.4 Å². The molecule has 6 nitrogen and oxygen atoms in total. The maximum Gasteiger partial charge on any atom is 0.325 e. The number of thiazole rings is 1. The van der Waals surface area contributed by atoms with Crippen molar-refractivity contribution in [2.75, 3.05) is 13.7 Å². The third-order valence-corrected chi connectivity index (χ3v) is 5.26. The summed E-state index contributed by atoms with van der Waals surface area (Å²) in [5.74, 6) is -0.961. The predicted octanol–water partition coefficient (Wildman–Crippen LogP) is 3.14. The molecule has 0 atom stereocenters. The van der Waals surface area contributed by atoms with Crippen LogP contribution in [0.5, 0.6) is 5.75 Å². The summed E-state index contributed by atoms with van der Waals surface area (Å²) < 4.78 is 25.7. The van der Waals surface area contributed by atoms with E-state index in [0.717, 1.165) is 21.3 Å². The first-order valence-electron chi connectivity index (χ1n) is 8.50. The first-order valence-corrected chi connectivity index (χ1v) is 9.32. The van der Waals surface area contributed by atoms with Crippen molar-refractivity contribution in [2.24, 2.45) is 4.99 Å². The van der Waals surface area contributed by atoms with E-state index < -0.39 is 11.9 Å². The third kappa shape index (κ3) is 4.45. The summed E-state index contributed by atoms with van der Waals surface area (Å²) >= 11 is 1.33. The smallest absolute Gasteiger partial charge is 0.325 e. The number of hydrogen-bond donors (Lipinski definition) is 0. The van der Waals surface area contributed by atoms with Crippen molar-refractivity contribution in [1.29, 1.82) is 0 Å². The summed E-state index contributed by atoms with van der Waals surface area (Å²) in [6.45, 7) is 3.59. The first kappa shape index (κ1) is 19.8. The van der Waals surface area contributed by atoms with Gasteiger partial charge in [0.2, 0.25) is 0 Å². The molecule has 0 N–H and O–H groups in total. The van der Waals surface area contributed by atoms with Crippen LogP contribution in [0.25, 0.3) is 10.2 Å². The summed E-state index contributed by atoms with van der Waals surface area (Å²) in [5, 5.41) is 0. The quantitative estimate of drug-likeness (QED) is 0.615. The molecule has 0 radical (unpaired) electrons. The summed E-state index contributed by atoms with van der Waals surface area (Å²) in [4.78, 5) is 28.7. The fourth-order valence-electron chi connectivity index (χ4n) is 2.76. The number of hydrogen-bond acceptors (Lipinski definition) is 5. The van der Waals surface area contributed by atoms with Crippen LogP contribution < -0.4 is 9.54 Å². The molecule has 0 spiro atoms. The van der Waals surface area contributed by atoms with Crippen LogP contribution in [-0.4, -0.2) is 30.2 Å². The molecule has 146 valence electrons. The Balaban J connectivity index is 1.94. The Kier molecular flexibility index (Phi) is 5.89. The van der Waals surface area contributed by atoms with E-state index >= 15 is 0 Å². The van der Waals surface area contributed by atoms with Gasteiger partial charge >= 0.3 is 5.97 Å². The second-order valence-corrected chi connectivity index (χ2v) is 7.20. The van der Waals surface area contributed by atoms with Crippen LogP contribution in [0.2, 0.25) is 0 Å². The molecule has 0 aliphatic rings. The third-order valence-electron chi connectivity index (χ3n) is 4.03. The Morgan fingerprint density at radius 2 is 1.89 bits per heavy atom. The van der Waals surface area contributed by atoms with Gasteiger partial charge < -0.3 is 14.0 Å². The number of methoxy groups -OCH3 is 1. The molecule has 0 unspecified atom stereocenters. The molecule has 0 saturated heterocycles. The second kappa shape index (κ2) is 8.35. The zero-order valence-electron chi connectivity index (χ0n) is 15.7. The number of ether oxygens (including phenoxy) is 2. The molecular formula is C20H19FN2O4S. The van der Waals surface area contributed by atoms with Gasteiger partial charge in [-0.25, -0.2) is 4.39 Å². The van der Waals surface area contributed by atoms with Gasteiger partial charge in [0.1, 0.15) is 18.1 Å². The minimum absolute atomic E-state index is 0.0513. The Morgan fingerprint density at radius 1 is 1.18 bits per heavy atom. The lowest BCUT2D eigenvalue weighted by Gasteiger charge is -2.05. The fraction of sp³-hybridized carbons (Fsp3) is 0.250. The number of amides is 1. The molecule has 0 aliphatic heterocycles. The van der Waals surface area contributed by atoms with Gasteiger partial charge in [-0.15, -0.1) is 0 Å². The fourth-order valence-corrected chi connectivity index (χ4v) is 3.86. The molecule has 0 aliphatic carbocycles. The Bertz CT molecular complexity index is 1100. The molecule has 1 aromatic heterocycles. The lowest BCUT2D eigenvalue weighted by atomic mass is 10.1. The van der Waals surface area contributed by atoms with E-state index in [9.17, 15) is 14.0 Å². The minimum Gasteiger partial charge on any atom is -0.484 e. The molecular weight excluding hydrogens is 383 g/mol. The number of aromatic nitrogens is 1. The van der Waals surface area contributed by atoms with E-state index in [2.05, 4.69) is 4.99 Å². The van der Waals surface area contributed by atoms with Crippen LogP contribution in [0.4, 0.5) is 4.39 Å². The summed E-state index contributed by atoms with van der Waals surface area (Å²) in [6.07, 6.45) is 0. The summed E-state index contributed by atoms with van der Waals surface area (Å²) in [7, 11) is 1.31. The van der Waals surface area contributed by atoms with Crippen LogP contribution in [0.1, 0.15) is 11.1 Å². The second-order valence-electron chi connectivity index (χ2n) is 6.23. The van der Waals surface area contributed by atoms with E-state index in [4.69, 9.17) is 9.47 Å². The molecule has 28 heavy (non-hydrogen) atoms. The molecule has 3 aromatic rings. The van der Waals surface area contributed by atoms with Crippen molar-refractivity contribution < 1.29 is 23.5 Å². The molecule has 1 amide bonds. The van der Waals surface area contributed by atoms with Gasteiger partial charge in [0.15, 0.2) is 11.4 Å². The first-order chi connectivity index (χ1) is 13.4. The lowest BCUT2D eigenvalue weighted by Crippen LogP contribution is -2.23. The Morgan fingerprint density at radius 3 is 2.57 bits per heavy atom. The van der Waals surface area contributed by atoms with Crippen molar-refractivity contribution in [2.45, 2.75) is 20.4 Å². The van der Waals surface area contributed by atoms with Crippen molar-refractivity contribution in [3.05, 3.63) is 58.1 Å². The van der Waals surface area contributed by atoms with Gasteiger partial charge in [0.05, 0.1) is 17.3 Å². The number of carbonyl (C=O) groups excluding carboxylic acids is 2. The molecule has 1 heterocycles. The molecule has 8 heteroatoms. The van der Waals surface area contributed by atoms with E-state index in [1.54, 1.807) is 4.57 Å². The average molecular weight is 402 g/mol. The predicted molar refractivity (Wildman–Crippen MR) is 104 cm³/mol. The highest BCUT2D eigenvalue weighted by Crippen LogP contribution is 2.23. The number of fused-ring (bicyclic) bond motifs is 1. The number of esters is 1. The number of carbonyl (C=O) groups is 2. The topological polar surface area (TPSA) is 69.9 Å². The van der Waals surface area contributed by atoms with Gasteiger partial charge in [-0.05, 0) is 55.3 Å². The van der Waals surface area contributed by atoms with Crippen LogP contribution >= 0.6 is 11.3 Å². The zero-order valence-corrected chi connectivity index (χ0v) is 16.5. The van der Waals surface area contributed by atoms with E-state index in [1.807, 2.05) is 26.0 Å². The molecule has 2 aromatic carbocycles. The van der Waals surface area contributed by atoms with Crippen molar-refractivity contribution in [3.8, 4) is 5.75 Å². The molecule has 0 bridgehead atoms. The lowest BCUT2D eigenvalue weighted by molar-refractivity contribution is -0.141. The largest absolute Gasteiger partial charge is 0.484 e. The SMILES string of the molecule is COC(=O)Cn1c(=NC(=O)COc2ccc(F)cc2)sc2c(C)cc(C)cc21. The maximum atomic E-state index is 12.9. The van der Waals surface area contributed by atoms with Gasteiger partial charge in [-0.1, -0.05) is 17.4 Å². The maximum absolute atomic E-state index is 12.9. The van der Waals surface area contributed by atoms with Gasteiger partial charge in [0.25, 0.3) is 5.91 Å². The standard InChI is InChI=1S/C20H19FN2O4S/c1-12-8-13(2)19-16(9-12)23(10-18(25)26-3)20(28-19)22-17(24)11-27-15-6-4-14(21)5-7-15/h4-9H,10-11H2,1-3H3. The zero-order chi connectivity index (χ0) is 20.3. The normalized spacial score (nSPS) is 11.6. The van der Waals surface area contributed by atoms with Gasteiger partial charge in [0, 0.05) is 0 Å². The van der Waals surface area contributed by atoms with Crippen LogP contribution in [0.15, 0.2) is 41.4 Å². The van der Waals surface area contributed by atoms with E-state index in [0.29, 0.717) is 10.6 Å². The molecule has 3 rings (SSSR count). The average Bonchev–Trinajstić information content (AvgIpc) is 2.98. The van der Waals surface area contributed by atoms with Crippen LogP contribution in [0, 0.1) is 19.7 Å². The van der Waals surface area contributed by atoms with E-state index in [-0.39, 0.29) is 19.0 Å². The van der Waals surface area contributed by atoms with E-state index in [1.165, 1.54) is 42.7 Å². The van der Waals surface area contributed by atoms with Crippen LogP contribution in [0.3, 0.4) is 0 Å². The number of nitrogens with zero attached hydrogens (tertiary/aromatic N) is 2. The number of rotatable bonds is 5. The minimum atomic E-state index is -0.510. The number of benzene rings is 2. The highest BCUT2D eigenvalue weighted by atomic mass is 32.1. The highest BCUT2D eigenvalue weighted by Gasteiger charge is 2.14. The van der Waals surface area contributed by atoms with Crippen LogP contribution in [-0.2, 0) is 20.9 Å². The summed E-state index contributed by atoms with van der Waals surface area (Å²) in [6, 6.07) is 9.35. The number of aryl methyl sites for hydroxylation is 2. The van der Waals surface area contributed by atoms with Crippen molar-refractivity contribution in [3.63, 3.8) is 0 Å². The van der Waals surface area contributed by atoms with Crippen molar-refractivity contribution in [1.82, 2.24) is 4.57 Å². The Hall–Kier alpha value is -3.00. The molecule has 0 fully saturated rings. The van der Waals surface area contributed by atoms with Gasteiger partial charge in [-0.3, -0.25) is 9.59 Å². The number of halogens is 1.